The van der Waals surface area contributed by atoms with Gasteiger partial charge in [0.05, 0.1) is 74.9 Å². The number of aryl methyl sites for hydroxylation is 2. The number of benzene rings is 2. The Morgan fingerprint density at radius 1 is 1.06 bits per heavy atom. The van der Waals surface area contributed by atoms with Crippen molar-refractivity contribution in [1.29, 1.82) is 5.26 Å². The van der Waals surface area contributed by atoms with Gasteiger partial charge in [-0.25, -0.2) is 23.5 Å². The zero-order valence-corrected chi connectivity index (χ0v) is 44.3. The molecule has 23 heteroatoms. The maximum atomic E-state index is 17.3. The van der Waals surface area contributed by atoms with E-state index in [4.69, 9.17) is 41.5 Å². The molecule has 0 radical (unpaired) electrons. The largest absolute Gasteiger partial charge is 0.486 e. The lowest BCUT2D eigenvalue weighted by molar-refractivity contribution is -0.172. The summed E-state index contributed by atoms with van der Waals surface area (Å²) in [5.74, 6) is -2.41. The molecule has 0 unspecified atom stereocenters. The van der Waals surface area contributed by atoms with E-state index in [1.165, 1.54) is 17.9 Å². The summed E-state index contributed by atoms with van der Waals surface area (Å²) in [5.41, 5.74) is 3.22. The average molecular weight is 1110 g/mol. The Morgan fingerprint density at radius 2 is 1.85 bits per heavy atom. The highest BCUT2D eigenvalue weighted by molar-refractivity contribution is 6.34. The van der Waals surface area contributed by atoms with E-state index >= 15 is 4.39 Å². The summed E-state index contributed by atoms with van der Waals surface area (Å²) in [4.78, 5) is 64.4. The maximum Gasteiger partial charge on any atom is 0.418 e. The summed E-state index contributed by atoms with van der Waals surface area (Å²) in [6.45, 7) is 11.4. The molecule has 3 fully saturated rings. The van der Waals surface area contributed by atoms with Gasteiger partial charge >= 0.3 is 18.2 Å². The number of carbonyl (C=O) groups is 2. The number of nitrogens with two attached hydrogens (primary N) is 1. The molecule has 5 aliphatic heterocycles. The molecule has 11 rings (SSSR count). The van der Waals surface area contributed by atoms with Crippen LogP contribution in [-0.4, -0.2) is 114 Å². The van der Waals surface area contributed by atoms with Crippen LogP contribution in [0.25, 0.3) is 44.5 Å². The van der Waals surface area contributed by atoms with E-state index in [0.29, 0.717) is 42.0 Å². The van der Waals surface area contributed by atoms with Gasteiger partial charge in [0.25, 0.3) is 11.5 Å². The molecule has 9 heterocycles. The van der Waals surface area contributed by atoms with Crippen molar-refractivity contribution in [2.24, 2.45) is 0 Å². The number of carbonyl (C=O) groups excluding carboxylic acids is 2. The van der Waals surface area contributed by atoms with Gasteiger partial charge < -0.3 is 39.4 Å². The first-order valence-corrected chi connectivity index (χ1v) is 26.4. The number of nitrogen functional groups attached to an aromatic ring is 1. The quantitative estimate of drug-likeness (QED) is 0.0669. The minimum Gasteiger partial charge on any atom is -0.486 e. The Labute approximate surface area is 454 Å². The molecule has 0 aliphatic carbocycles. The van der Waals surface area contributed by atoms with Gasteiger partial charge in [0.2, 0.25) is 0 Å². The van der Waals surface area contributed by atoms with Crippen LogP contribution in [0.1, 0.15) is 86.3 Å². The SMILES string of the molecule is C=C(C(=O)N1CCN(c2nc(OC[C@@]34CCCN3C[C@H](F)C4)nc3c(F)c(-c4nc(N)cc(C)c4C(F)(F)F)c(Cl)cc23)C[C@@H]1CC#N)[C@H](C)Oc1ccc2nc3c(c(CC)c2c1)Cn1c-3cc2c(c1=O)COC(=O)[C@]2(O)CC. The molecule has 4 aromatic heterocycles. The number of aromatic nitrogens is 5. The normalized spacial score (nSPS) is 22.1. The number of pyridine rings is 3. The maximum absolute atomic E-state index is 17.3. The van der Waals surface area contributed by atoms with Gasteiger partial charge in [-0.15, -0.1) is 0 Å². The zero-order chi connectivity index (χ0) is 56.2. The number of rotatable bonds is 12. The fraction of sp³-hybridized carbons (Fsp3) is 0.429. The average Bonchev–Trinajstić information content (AvgIpc) is 4.32. The number of anilines is 2. The third-order valence-electron chi connectivity index (χ3n) is 16.4. The standard InChI is InChI=1S/C56H54ClF5N10O7/c1-6-33-34-18-32(9-10-40(34)65-46-36(33)24-72-41(46)20-38-37(51(72)74)25-77-52(75)55(38,76)7-2)79-29(5)28(4)50(73)71-16-15-69(23-31(71)11-13-63)49-35-19-39(57)43(48-44(56(60,61)62)27(3)17-42(64)66-48)45(59)47(35)67-53(68-49)78-26-54-12-8-14-70(54)22-30(58)21-54/h9-10,17-20,29-31,76H,4,6-8,11-12,14-16,21-26H2,1-3,5H3,(H2,64,66)/t29-,30+,31-,54-,55-/m0/s1. The van der Waals surface area contributed by atoms with Crippen molar-refractivity contribution in [1.82, 2.24) is 34.3 Å². The molecule has 1 amide bonds. The van der Waals surface area contributed by atoms with Gasteiger partial charge in [-0.05, 0) is 93.6 Å². The molecule has 6 aromatic rings. The van der Waals surface area contributed by atoms with Crippen LogP contribution in [0.4, 0.5) is 33.6 Å². The van der Waals surface area contributed by atoms with E-state index in [2.05, 4.69) is 22.6 Å². The van der Waals surface area contributed by atoms with Crippen molar-refractivity contribution in [3.63, 3.8) is 0 Å². The van der Waals surface area contributed by atoms with Gasteiger partial charge in [0.15, 0.2) is 11.4 Å². The molecule has 2 aromatic carbocycles. The Kier molecular flexibility index (Phi) is 13.3. The third kappa shape index (κ3) is 8.84. The second-order valence-electron chi connectivity index (χ2n) is 21.0. The molecular formula is C56H54ClF5N10O7. The summed E-state index contributed by atoms with van der Waals surface area (Å²) in [7, 11) is 0. The smallest absolute Gasteiger partial charge is 0.418 e. The second-order valence-corrected chi connectivity index (χ2v) is 21.4. The lowest BCUT2D eigenvalue weighted by atomic mass is 9.86. The number of nitrogens with zero attached hydrogens (tertiary/aromatic N) is 9. The van der Waals surface area contributed by atoms with E-state index in [1.807, 2.05) is 17.9 Å². The number of ether oxygens (including phenoxy) is 3. The van der Waals surface area contributed by atoms with Crippen molar-refractivity contribution in [2.75, 3.05) is 50.0 Å². The van der Waals surface area contributed by atoms with Crippen LogP contribution in [-0.2, 0) is 45.7 Å². The number of esters is 1. The summed E-state index contributed by atoms with van der Waals surface area (Å²) in [6.07, 6.45) is -4.95. The number of halogens is 6. The van der Waals surface area contributed by atoms with Crippen molar-refractivity contribution in [2.45, 2.75) is 115 Å². The molecule has 5 aliphatic rings. The molecule has 17 nitrogen and oxygen atoms in total. The van der Waals surface area contributed by atoms with Gasteiger partial charge in [-0.1, -0.05) is 32.0 Å². The van der Waals surface area contributed by atoms with Crippen LogP contribution in [0, 0.1) is 24.1 Å². The molecule has 5 atom stereocenters. The lowest BCUT2D eigenvalue weighted by Gasteiger charge is -2.42. The van der Waals surface area contributed by atoms with E-state index in [0.717, 1.165) is 29.0 Å². The third-order valence-corrected chi connectivity index (χ3v) is 16.7. The molecule has 3 saturated heterocycles. The second kappa shape index (κ2) is 19.7. The molecule has 79 heavy (non-hydrogen) atoms. The van der Waals surface area contributed by atoms with Gasteiger partial charge in [-0.2, -0.15) is 28.4 Å². The highest BCUT2D eigenvalue weighted by atomic mass is 35.5. The summed E-state index contributed by atoms with van der Waals surface area (Å²) >= 11 is 6.75. The topological polar surface area (TPSA) is 215 Å². The minimum absolute atomic E-state index is 0.00325. The Morgan fingerprint density at radius 3 is 2.58 bits per heavy atom. The number of hydrogen-bond donors (Lipinski definition) is 2. The molecule has 3 N–H and O–H groups in total. The van der Waals surface area contributed by atoms with E-state index in [1.54, 1.807) is 41.5 Å². The summed E-state index contributed by atoms with van der Waals surface area (Å²) < 4.78 is 95.5. The fourth-order valence-corrected chi connectivity index (χ4v) is 12.7. The number of aliphatic hydroxyl groups is 1. The van der Waals surface area contributed by atoms with Crippen molar-refractivity contribution in [3.05, 3.63) is 103 Å². The molecule has 0 spiro atoms. The van der Waals surface area contributed by atoms with Crippen molar-refractivity contribution < 1.29 is 50.9 Å². The number of cyclic esters (lactones) is 1. The molecule has 0 saturated carbocycles. The van der Waals surface area contributed by atoms with Crippen LogP contribution < -0.4 is 25.7 Å². The highest BCUT2D eigenvalue weighted by Gasteiger charge is 2.50. The minimum atomic E-state index is -4.98. The van der Waals surface area contributed by atoms with Crippen LogP contribution in [0.5, 0.6) is 11.8 Å². The monoisotopic (exact) mass is 1110 g/mol. The number of piperazine rings is 1. The first-order chi connectivity index (χ1) is 37.6. The van der Waals surface area contributed by atoms with Crippen LogP contribution in [0.2, 0.25) is 5.02 Å². The van der Waals surface area contributed by atoms with Crippen molar-refractivity contribution >= 4 is 56.9 Å². The first-order valence-electron chi connectivity index (χ1n) is 26.1. The Bertz CT molecular complexity index is 3700. The number of hydrogen-bond acceptors (Lipinski definition) is 15. The van der Waals surface area contributed by atoms with Crippen LogP contribution >= 0.6 is 11.6 Å². The van der Waals surface area contributed by atoms with E-state index < -0.39 is 80.7 Å². The van der Waals surface area contributed by atoms with Crippen molar-refractivity contribution in [3.8, 4) is 40.5 Å². The molecule has 412 valence electrons. The number of fused-ring (bicyclic) bond motifs is 7. The summed E-state index contributed by atoms with van der Waals surface area (Å²) in [5, 5.41) is 21.8. The number of alkyl halides is 4. The van der Waals surface area contributed by atoms with Crippen LogP contribution in [0.3, 0.4) is 0 Å². The van der Waals surface area contributed by atoms with E-state index in [9.17, 15) is 42.3 Å². The Hall–Kier alpha value is -7.48. The van der Waals surface area contributed by atoms with Gasteiger partial charge in [0, 0.05) is 60.1 Å². The molecular weight excluding hydrogens is 1060 g/mol. The lowest BCUT2D eigenvalue weighted by Crippen LogP contribution is -2.56. The predicted molar refractivity (Wildman–Crippen MR) is 282 cm³/mol. The predicted octanol–water partition coefficient (Wildman–Crippen LogP) is 8.26. The molecule has 0 bridgehead atoms. The van der Waals surface area contributed by atoms with E-state index in [-0.39, 0.29) is 116 Å². The fourth-order valence-electron chi connectivity index (χ4n) is 12.4. The Balaban J connectivity index is 0.873. The number of amides is 1. The summed E-state index contributed by atoms with van der Waals surface area (Å²) in [6, 6.07) is 10.2. The highest BCUT2D eigenvalue weighted by Crippen LogP contribution is 2.47. The van der Waals surface area contributed by atoms with Gasteiger partial charge in [0.1, 0.15) is 48.4 Å². The zero-order valence-electron chi connectivity index (χ0n) is 43.6. The van der Waals surface area contributed by atoms with Gasteiger partial charge in [-0.3, -0.25) is 14.5 Å². The first kappa shape index (κ1) is 53.5. The number of nitriles is 1. The van der Waals surface area contributed by atoms with Crippen LogP contribution in [0.15, 0.2) is 53.3 Å².